The molecule has 0 unspecified atom stereocenters. The average Bonchev–Trinajstić information content (AvgIpc) is 3.06. The topological polar surface area (TPSA) is 97.5 Å². The van der Waals surface area contributed by atoms with Crippen LogP contribution in [-0.4, -0.2) is 26.4 Å². The van der Waals surface area contributed by atoms with Crippen LogP contribution in [0.15, 0.2) is 54.1 Å². The molecule has 0 saturated carbocycles. The third kappa shape index (κ3) is 4.09. The zero-order chi connectivity index (χ0) is 24.7. The van der Waals surface area contributed by atoms with Crippen LogP contribution in [0.5, 0.6) is 0 Å². The summed E-state index contributed by atoms with van der Waals surface area (Å²) in [5.41, 5.74) is 2.80. The van der Waals surface area contributed by atoms with Crippen molar-refractivity contribution in [3.8, 4) is 5.69 Å². The Morgan fingerprint density at radius 1 is 1.09 bits per heavy atom. The van der Waals surface area contributed by atoms with Gasteiger partial charge in [-0.2, -0.15) is 0 Å². The molecule has 0 atom stereocenters. The summed E-state index contributed by atoms with van der Waals surface area (Å²) in [7, 11) is 0. The average molecular weight is 499 g/mol. The van der Waals surface area contributed by atoms with E-state index in [0.29, 0.717) is 16.9 Å². The summed E-state index contributed by atoms with van der Waals surface area (Å²) in [6.45, 7) is 3.63. The molecule has 1 aliphatic rings. The standard InChI is InChI=1S/C23H16ClFN4O4S/c1-12-9-14(13(2)27(12)15-3-5-16(6-4-15)29(32)33)10-18-21(30)26-23(34)28(22(18)31)17-7-8-20(25)19(24)11-17/h3-11H,1-2H3,(H,26,30,34)/b18-10-. The summed E-state index contributed by atoms with van der Waals surface area (Å²) in [6.07, 6.45) is 1.45. The van der Waals surface area contributed by atoms with E-state index in [1.807, 2.05) is 11.5 Å². The number of carbonyl (C=O) groups is 2. The molecule has 1 fully saturated rings. The van der Waals surface area contributed by atoms with Gasteiger partial charge in [-0.15, -0.1) is 0 Å². The Kier molecular flexibility index (Phi) is 6.03. The van der Waals surface area contributed by atoms with Gasteiger partial charge in [0.25, 0.3) is 17.5 Å². The molecule has 172 valence electrons. The van der Waals surface area contributed by atoms with E-state index in [2.05, 4.69) is 5.32 Å². The Bertz CT molecular complexity index is 1420. The number of anilines is 1. The minimum absolute atomic E-state index is 0.0324. The largest absolute Gasteiger partial charge is 0.318 e. The van der Waals surface area contributed by atoms with E-state index in [1.165, 1.54) is 30.3 Å². The van der Waals surface area contributed by atoms with E-state index in [-0.39, 0.29) is 27.1 Å². The Morgan fingerprint density at radius 2 is 1.74 bits per heavy atom. The molecule has 1 N–H and O–H groups in total. The molecule has 2 aromatic carbocycles. The first-order chi connectivity index (χ1) is 16.1. The molecule has 1 aliphatic heterocycles. The number of nitrogens with one attached hydrogen (secondary N) is 1. The Balaban J connectivity index is 1.74. The Labute approximate surface area is 203 Å². The molecule has 34 heavy (non-hydrogen) atoms. The van der Waals surface area contributed by atoms with E-state index in [0.717, 1.165) is 16.7 Å². The molecule has 2 heterocycles. The third-order valence-corrected chi connectivity index (χ3v) is 5.93. The number of benzene rings is 2. The molecule has 8 nitrogen and oxygen atoms in total. The smallest absolute Gasteiger partial charge is 0.270 e. The summed E-state index contributed by atoms with van der Waals surface area (Å²) < 4.78 is 15.4. The van der Waals surface area contributed by atoms with Gasteiger partial charge < -0.3 is 4.57 Å². The third-order valence-electron chi connectivity index (χ3n) is 5.35. The lowest BCUT2D eigenvalue weighted by Gasteiger charge is -2.29. The van der Waals surface area contributed by atoms with Gasteiger partial charge in [0.05, 0.1) is 15.6 Å². The lowest BCUT2D eigenvalue weighted by atomic mass is 10.1. The minimum Gasteiger partial charge on any atom is -0.318 e. The number of hydrogen-bond acceptors (Lipinski definition) is 5. The van der Waals surface area contributed by atoms with Gasteiger partial charge in [0.1, 0.15) is 11.4 Å². The fraction of sp³-hybridized carbons (Fsp3) is 0.0870. The molecule has 1 aromatic heterocycles. The van der Waals surface area contributed by atoms with Crippen molar-refractivity contribution in [1.82, 2.24) is 9.88 Å². The number of nitro groups is 1. The van der Waals surface area contributed by atoms with Crippen LogP contribution in [0, 0.1) is 29.8 Å². The number of nitro benzene ring substituents is 1. The van der Waals surface area contributed by atoms with E-state index >= 15 is 0 Å². The molecule has 2 amide bonds. The predicted octanol–water partition coefficient (Wildman–Crippen LogP) is 4.63. The molecule has 11 heteroatoms. The first-order valence-corrected chi connectivity index (χ1v) is 10.7. The molecule has 4 rings (SSSR count). The second-order valence-electron chi connectivity index (χ2n) is 7.49. The monoisotopic (exact) mass is 498 g/mol. The number of aryl methyl sites for hydroxylation is 1. The molecular weight excluding hydrogens is 483 g/mol. The number of nitrogens with zero attached hydrogens (tertiary/aromatic N) is 3. The number of non-ortho nitro benzene ring substituents is 1. The van der Waals surface area contributed by atoms with Crippen LogP contribution < -0.4 is 10.2 Å². The van der Waals surface area contributed by atoms with Crippen molar-refractivity contribution < 1.29 is 18.9 Å². The summed E-state index contributed by atoms with van der Waals surface area (Å²) in [5, 5.41) is 13.1. The van der Waals surface area contributed by atoms with Gasteiger partial charge in [-0.3, -0.25) is 29.9 Å². The van der Waals surface area contributed by atoms with Crippen molar-refractivity contribution >= 4 is 58.2 Å². The maximum Gasteiger partial charge on any atom is 0.270 e. The highest BCUT2D eigenvalue weighted by Gasteiger charge is 2.35. The lowest BCUT2D eigenvalue weighted by molar-refractivity contribution is -0.384. The van der Waals surface area contributed by atoms with Crippen molar-refractivity contribution in [1.29, 1.82) is 0 Å². The first-order valence-electron chi connectivity index (χ1n) is 9.88. The van der Waals surface area contributed by atoms with Crippen LogP contribution in [0.25, 0.3) is 11.8 Å². The van der Waals surface area contributed by atoms with Gasteiger partial charge >= 0.3 is 0 Å². The summed E-state index contributed by atoms with van der Waals surface area (Å²) in [6, 6.07) is 11.5. The maximum absolute atomic E-state index is 13.6. The number of aromatic nitrogens is 1. The van der Waals surface area contributed by atoms with Gasteiger partial charge in [0, 0.05) is 29.2 Å². The van der Waals surface area contributed by atoms with Crippen molar-refractivity contribution in [3.63, 3.8) is 0 Å². The normalized spacial score (nSPS) is 15.1. The van der Waals surface area contributed by atoms with Gasteiger partial charge in [0.2, 0.25) is 0 Å². The van der Waals surface area contributed by atoms with Crippen LogP contribution in [0.4, 0.5) is 15.8 Å². The van der Waals surface area contributed by atoms with Gasteiger partial charge in [0.15, 0.2) is 5.11 Å². The lowest BCUT2D eigenvalue weighted by Crippen LogP contribution is -2.54. The fourth-order valence-electron chi connectivity index (χ4n) is 3.73. The fourth-order valence-corrected chi connectivity index (χ4v) is 4.18. The second-order valence-corrected chi connectivity index (χ2v) is 8.29. The van der Waals surface area contributed by atoms with E-state index < -0.39 is 22.6 Å². The minimum atomic E-state index is -0.684. The summed E-state index contributed by atoms with van der Waals surface area (Å²) in [4.78, 5) is 37.4. The second kappa shape index (κ2) is 8.81. The number of carbonyl (C=O) groups excluding carboxylic acids is 2. The number of rotatable bonds is 4. The van der Waals surface area contributed by atoms with Gasteiger partial charge in [-0.1, -0.05) is 11.6 Å². The number of halogens is 2. The molecule has 1 saturated heterocycles. The number of amides is 2. The molecule has 0 spiro atoms. The van der Waals surface area contributed by atoms with Crippen LogP contribution >= 0.6 is 23.8 Å². The summed E-state index contributed by atoms with van der Waals surface area (Å²) >= 11 is 11.0. The van der Waals surface area contributed by atoms with Crippen molar-refractivity contribution in [2.45, 2.75) is 13.8 Å². The molecular formula is C23H16ClFN4O4S. The van der Waals surface area contributed by atoms with E-state index in [9.17, 15) is 24.1 Å². The quantitative estimate of drug-likeness (QED) is 0.186. The van der Waals surface area contributed by atoms with Crippen molar-refractivity contribution in [2.75, 3.05) is 4.90 Å². The zero-order valence-corrected chi connectivity index (χ0v) is 19.4. The van der Waals surface area contributed by atoms with Crippen LogP contribution in [0.2, 0.25) is 5.02 Å². The van der Waals surface area contributed by atoms with Gasteiger partial charge in [-0.25, -0.2) is 4.39 Å². The van der Waals surface area contributed by atoms with Crippen molar-refractivity contribution in [3.05, 3.63) is 92.0 Å². The molecule has 3 aromatic rings. The predicted molar refractivity (Wildman–Crippen MR) is 130 cm³/mol. The number of hydrogen-bond donors (Lipinski definition) is 1. The van der Waals surface area contributed by atoms with Gasteiger partial charge in [-0.05, 0) is 74.1 Å². The Morgan fingerprint density at radius 3 is 2.35 bits per heavy atom. The summed E-state index contributed by atoms with van der Waals surface area (Å²) in [5.74, 6) is -2.00. The van der Waals surface area contributed by atoms with E-state index in [1.54, 1.807) is 25.1 Å². The van der Waals surface area contributed by atoms with Crippen LogP contribution in [-0.2, 0) is 9.59 Å². The highest BCUT2D eigenvalue weighted by Crippen LogP contribution is 2.28. The first kappa shape index (κ1) is 23.3. The van der Waals surface area contributed by atoms with Crippen LogP contribution in [0.1, 0.15) is 17.0 Å². The molecule has 0 radical (unpaired) electrons. The number of thiocarbonyl (C=S) groups is 1. The highest BCUT2D eigenvalue weighted by molar-refractivity contribution is 7.80. The van der Waals surface area contributed by atoms with Crippen molar-refractivity contribution in [2.24, 2.45) is 0 Å². The molecule has 0 aliphatic carbocycles. The molecule has 0 bridgehead atoms. The zero-order valence-electron chi connectivity index (χ0n) is 17.8. The van der Waals surface area contributed by atoms with Crippen LogP contribution in [0.3, 0.4) is 0 Å². The maximum atomic E-state index is 13.6. The van der Waals surface area contributed by atoms with E-state index in [4.69, 9.17) is 23.8 Å². The Hall–Kier alpha value is -3.89. The SMILES string of the molecule is Cc1cc(/C=C2/C(=O)NC(=S)N(c3ccc(F)c(Cl)c3)C2=O)c(C)n1-c1ccc([N+](=O)[O-])cc1. The highest BCUT2D eigenvalue weighted by atomic mass is 35.5.